The lowest BCUT2D eigenvalue weighted by Gasteiger charge is -2.38. The molecule has 1 aliphatic heterocycles. The molecule has 12 heavy (non-hydrogen) atoms. The van der Waals surface area contributed by atoms with Crippen LogP contribution < -0.4 is 0 Å². The molecule has 1 fully saturated rings. The molecule has 1 N–H and O–H groups in total. The van der Waals surface area contributed by atoms with Crippen molar-refractivity contribution in [2.24, 2.45) is 0 Å². The third kappa shape index (κ3) is 1.95. The van der Waals surface area contributed by atoms with Gasteiger partial charge in [-0.05, 0) is 35.8 Å². The van der Waals surface area contributed by atoms with E-state index in [1.807, 2.05) is 11.9 Å². The van der Waals surface area contributed by atoms with Crippen molar-refractivity contribution in [3.05, 3.63) is 0 Å². The molecule has 0 atom stereocenters. The Morgan fingerprint density at radius 2 is 1.83 bits per heavy atom. The summed E-state index contributed by atoms with van der Waals surface area (Å²) in [7, 11) is 1.85. The third-order valence-electron chi connectivity index (χ3n) is 2.34. The van der Waals surface area contributed by atoms with Crippen molar-refractivity contribution in [1.29, 1.82) is 0 Å². The maximum absolute atomic E-state index is 12.8. The minimum atomic E-state index is -3.17. The van der Waals surface area contributed by atoms with Gasteiger partial charge in [0.25, 0.3) is 0 Å². The van der Waals surface area contributed by atoms with E-state index in [0.29, 0.717) is 13.1 Å². The number of likely N-dealkylation sites (tertiary alicyclic amines) is 1. The van der Waals surface area contributed by atoms with Gasteiger partial charge in [-0.25, -0.2) is 0 Å². The minimum Gasteiger partial charge on any atom is -0.383 e. The second kappa shape index (κ2) is 3.20. The monoisotopic (exact) mass is 243 g/mol. The molecule has 0 saturated carbocycles. The molecule has 0 aromatic carbocycles. The van der Waals surface area contributed by atoms with Crippen LogP contribution in [-0.4, -0.2) is 40.6 Å². The van der Waals surface area contributed by atoms with Crippen LogP contribution in [0.5, 0.6) is 0 Å². The van der Waals surface area contributed by atoms with Crippen LogP contribution in [0.25, 0.3) is 0 Å². The summed E-state index contributed by atoms with van der Waals surface area (Å²) >= 11 is 2.21. The Balaban J connectivity index is 2.62. The highest BCUT2D eigenvalue weighted by Gasteiger charge is 2.51. The molecule has 0 amide bonds. The Hall–Kier alpha value is 0.260. The average Bonchev–Trinajstić information content (AvgIpc) is 1.93. The molecule has 1 aliphatic rings. The fraction of sp³-hybridized carbons (Fsp3) is 1.00. The van der Waals surface area contributed by atoms with Gasteiger partial charge in [0, 0.05) is 13.1 Å². The summed E-state index contributed by atoms with van der Waals surface area (Å²) < 4.78 is 25.5. The lowest BCUT2D eigenvalue weighted by molar-refractivity contribution is -0.141. The summed E-state index contributed by atoms with van der Waals surface area (Å²) in [6.07, 6.45) is 0.226. The van der Waals surface area contributed by atoms with Gasteiger partial charge in [-0.3, -0.25) is 0 Å². The summed E-state index contributed by atoms with van der Waals surface area (Å²) in [6.45, 7) is 1.02. The fourth-order valence-corrected chi connectivity index (χ4v) is 1.67. The minimum absolute atomic E-state index is 0.113. The van der Waals surface area contributed by atoms with E-state index in [4.69, 9.17) is 0 Å². The first kappa shape index (κ1) is 10.3. The van der Waals surface area contributed by atoms with Gasteiger partial charge in [0.1, 0.15) is 5.60 Å². The van der Waals surface area contributed by atoms with E-state index in [9.17, 15) is 13.9 Å². The molecule has 1 rings (SSSR count). The first-order valence-electron chi connectivity index (χ1n) is 3.83. The lowest BCUT2D eigenvalue weighted by Crippen LogP contribution is -2.51. The van der Waals surface area contributed by atoms with Gasteiger partial charge < -0.3 is 10.0 Å². The van der Waals surface area contributed by atoms with Crippen LogP contribution in [0, 0.1) is 0 Å². The number of rotatable bonds is 1. The van der Waals surface area contributed by atoms with Crippen molar-refractivity contribution in [1.82, 2.24) is 4.90 Å². The highest BCUT2D eigenvalue weighted by molar-refractivity contribution is 9.10. The Labute approximate surface area is 78.7 Å². The van der Waals surface area contributed by atoms with Crippen LogP contribution >= 0.6 is 15.9 Å². The number of halogens is 3. The maximum atomic E-state index is 12.8. The average molecular weight is 244 g/mol. The Bertz CT molecular complexity index is 163. The molecule has 0 bridgehead atoms. The largest absolute Gasteiger partial charge is 0.383 e. The Kier molecular flexibility index (Phi) is 2.75. The highest BCUT2D eigenvalue weighted by atomic mass is 79.9. The van der Waals surface area contributed by atoms with Crippen LogP contribution in [0.4, 0.5) is 8.78 Å². The number of nitrogens with zero attached hydrogens (tertiary/aromatic N) is 1. The molecular formula is C7H12BrF2NO. The smallest absolute Gasteiger partial charge is 0.329 e. The summed E-state index contributed by atoms with van der Waals surface area (Å²) in [5, 5.41) is 9.50. The predicted octanol–water partition coefficient (Wildman–Crippen LogP) is 1.43. The normalized spacial score (nSPS) is 25.8. The molecule has 1 heterocycles. The first-order valence-corrected chi connectivity index (χ1v) is 4.62. The molecule has 0 unspecified atom stereocenters. The summed E-state index contributed by atoms with van der Waals surface area (Å²) in [5.74, 6) is 0. The van der Waals surface area contributed by atoms with Gasteiger partial charge in [-0.1, -0.05) is 0 Å². The standard InChI is InChI=1S/C7H12BrF2NO/c1-11-4-2-6(12,3-5-11)7(8,9)10/h12H,2-5H2,1H3. The van der Waals surface area contributed by atoms with Crippen molar-refractivity contribution in [3.8, 4) is 0 Å². The van der Waals surface area contributed by atoms with Crippen molar-refractivity contribution < 1.29 is 13.9 Å². The molecule has 0 aromatic heterocycles. The van der Waals surface area contributed by atoms with Crippen LogP contribution in [0.2, 0.25) is 0 Å². The van der Waals surface area contributed by atoms with E-state index in [-0.39, 0.29) is 12.8 Å². The summed E-state index contributed by atoms with van der Waals surface area (Å²) in [6, 6.07) is 0. The predicted molar refractivity (Wildman–Crippen MR) is 45.6 cm³/mol. The fourth-order valence-electron chi connectivity index (χ4n) is 1.27. The van der Waals surface area contributed by atoms with E-state index in [1.54, 1.807) is 0 Å². The topological polar surface area (TPSA) is 23.5 Å². The van der Waals surface area contributed by atoms with Crippen LogP contribution in [0.3, 0.4) is 0 Å². The molecule has 2 nitrogen and oxygen atoms in total. The van der Waals surface area contributed by atoms with Crippen molar-refractivity contribution >= 4 is 15.9 Å². The first-order chi connectivity index (χ1) is 5.35. The zero-order chi connectivity index (χ0) is 9.41. The van der Waals surface area contributed by atoms with Crippen LogP contribution in [0.1, 0.15) is 12.8 Å². The number of hydrogen-bond acceptors (Lipinski definition) is 2. The molecule has 0 aliphatic carbocycles. The summed E-state index contributed by atoms with van der Waals surface area (Å²) in [5.41, 5.74) is -1.86. The number of aliphatic hydroxyl groups is 1. The molecule has 5 heteroatoms. The molecule has 72 valence electrons. The van der Waals surface area contributed by atoms with E-state index in [0.717, 1.165) is 0 Å². The molecule has 0 aromatic rings. The number of piperidine rings is 1. The summed E-state index contributed by atoms with van der Waals surface area (Å²) in [4.78, 5) is -1.24. The van der Waals surface area contributed by atoms with Crippen LogP contribution in [-0.2, 0) is 0 Å². The van der Waals surface area contributed by atoms with Crippen molar-refractivity contribution in [2.45, 2.75) is 23.3 Å². The number of alkyl halides is 3. The molecule has 0 spiro atoms. The lowest BCUT2D eigenvalue weighted by atomic mass is 9.92. The zero-order valence-electron chi connectivity index (χ0n) is 6.86. The SMILES string of the molecule is CN1CCC(O)(C(F)(F)Br)CC1. The second-order valence-corrected chi connectivity index (χ2v) is 4.33. The molecule has 1 saturated heterocycles. The molecule has 0 radical (unpaired) electrons. The molecular weight excluding hydrogens is 232 g/mol. The van der Waals surface area contributed by atoms with Gasteiger partial charge in [-0.2, -0.15) is 8.78 Å². The highest BCUT2D eigenvalue weighted by Crippen LogP contribution is 2.41. The van der Waals surface area contributed by atoms with Gasteiger partial charge in [0.05, 0.1) is 0 Å². The van der Waals surface area contributed by atoms with Gasteiger partial charge in [-0.15, -0.1) is 0 Å². The van der Waals surface area contributed by atoms with Gasteiger partial charge >= 0.3 is 4.83 Å². The Morgan fingerprint density at radius 1 is 1.42 bits per heavy atom. The van der Waals surface area contributed by atoms with E-state index in [2.05, 4.69) is 15.9 Å². The number of hydrogen-bond donors (Lipinski definition) is 1. The third-order valence-corrected chi connectivity index (χ3v) is 3.08. The maximum Gasteiger partial charge on any atom is 0.329 e. The zero-order valence-corrected chi connectivity index (χ0v) is 8.44. The Morgan fingerprint density at radius 3 is 2.17 bits per heavy atom. The second-order valence-electron chi connectivity index (χ2n) is 3.33. The van der Waals surface area contributed by atoms with Gasteiger partial charge in [0.15, 0.2) is 0 Å². The van der Waals surface area contributed by atoms with E-state index < -0.39 is 10.4 Å². The quantitative estimate of drug-likeness (QED) is 0.705. The van der Waals surface area contributed by atoms with E-state index >= 15 is 0 Å². The van der Waals surface area contributed by atoms with Crippen molar-refractivity contribution in [2.75, 3.05) is 20.1 Å². The van der Waals surface area contributed by atoms with Gasteiger partial charge in [0.2, 0.25) is 0 Å². The van der Waals surface area contributed by atoms with Crippen LogP contribution in [0.15, 0.2) is 0 Å². The van der Waals surface area contributed by atoms with E-state index in [1.165, 1.54) is 0 Å². The van der Waals surface area contributed by atoms with Crippen molar-refractivity contribution in [3.63, 3.8) is 0 Å².